The lowest BCUT2D eigenvalue weighted by molar-refractivity contribution is 0.184. The van der Waals surface area contributed by atoms with Crippen LogP contribution in [0.1, 0.15) is 11.1 Å². The summed E-state index contributed by atoms with van der Waals surface area (Å²) in [5, 5.41) is 10.3. The first-order valence-electron chi connectivity index (χ1n) is 8.17. The zero-order valence-corrected chi connectivity index (χ0v) is 16.2. The molecular formula is C18H21NO5S2. The molecule has 0 spiro atoms. The first-order valence-corrected chi connectivity index (χ1v) is 11.4. The van der Waals surface area contributed by atoms with Gasteiger partial charge in [0.2, 0.25) is 0 Å². The van der Waals surface area contributed by atoms with Crippen molar-refractivity contribution in [2.75, 3.05) is 15.8 Å². The average molecular weight is 396 g/mol. The van der Waals surface area contributed by atoms with Crippen molar-refractivity contribution < 1.29 is 21.9 Å². The first kappa shape index (κ1) is 18.9. The molecule has 26 heavy (non-hydrogen) atoms. The lowest BCUT2D eigenvalue weighted by Gasteiger charge is -2.32. The Kier molecular flexibility index (Phi) is 4.85. The van der Waals surface area contributed by atoms with Crippen molar-refractivity contribution in [3.8, 4) is 0 Å². The second-order valence-electron chi connectivity index (χ2n) is 6.61. The quantitative estimate of drug-likeness (QED) is 0.850. The monoisotopic (exact) mass is 395 g/mol. The van der Waals surface area contributed by atoms with Gasteiger partial charge in [0.05, 0.1) is 34.2 Å². The number of aryl methyl sites for hydroxylation is 2. The van der Waals surface area contributed by atoms with E-state index in [1.807, 2.05) is 6.92 Å². The third-order valence-corrected chi connectivity index (χ3v) is 8.08. The topological polar surface area (TPSA) is 91.8 Å². The third kappa shape index (κ3) is 3.49. The fraction of sp³-hybridized carbons (Fsp3) is 0.333. The van der Waals surface area contributed by atoms with Crippen LogP contribution in [0, 0.1) is 13.8 Å². The largest absolute Gasteiger partial charge is 0.390 e. The highest BCUT2D eigenvalue weighted by atomic mass is 32.2. The third-order valence-electron chi connectivity index (χ3n) is 4.53. The van der Waals surface area contributed by atoms with E-state index in [2.05, 4.69) is 0 Å². The molecule has 1 aliphatic heterocycles. The summed E-state index contributed by atoms with van der Waals surface area (Å²) in [4.78, 5) is 0.0582. The van der Waals surface area contributed by atoms with Crippen LogP contribution in [-0.4, -0.2) is 45.6 Å². The Morgan fingerprint density at radius 1 is 1.00 bits per heavy atom. The lowest BCUT2D eigenvalue weighted by Crippen LogP contribution is -2.47. The van der Waals surface area contributed by atoms with E-state index >= 15 is 0 Å². The van der Waals surface area contributed by atoms with Crippen LogP contribution in [0.2, 0.25) is 0 Å². The highest BCUT2D eigenvalue weighted by molar-refractivity contribution is 7.93. The molecule has 6 nitrogen and oxygen atoms in total. The molecule has 0 bridgehead atoms. The molecule has 3 rings (SSSR count). The molecule has 140 valence electrons. The van der Waals surface area contributed by atoms with Gasteiger partial charge in [-0.15, -0.1) is 0 Å². The highest BCUT2D eigenvalue weighted by Gasteiger charge is 2.45. The second kappa shape index (κ2) is 6.68. The molecule has 0 aromatic heterocycles. The van der Waals surface area contributed by atoms with Gasteiger partial charge < -0.3 is 5.11 Å². The SMILES string of the molecule is Cc1ccc(S(=O)(=O)N(c2ccccc2C)C2CS(=O)(=O)CC2O)cc1. The Labute approximate surface area is 154 Å². The van der Waals surface area contributed by atoms with E-state index < -0.39 is 43.5 Å². The van der Waals surface area contributed by atoms with E-state index in [1.54, 1.807) is 43.3 Å². The molecule has 2 aromatic rings. The maximum Gasteiger partial charge on any atom is 0.264 e. The predicted octanol–water partition coefficient (Wildman–Crippen LogP) is 1.66. The second-order valence-corrected chi connectivity index (χ2v) is 10.6. The zero-order chi connectivity index (χ0) is 19.1. The van der Waals surface area contributed by atoms with E-state index in [9.17, 15) is 21.9 Å². The number of aliphatic hydroxyl groups is 1. The van der Waals surface area contributed by atoms with Gasteiger partial charge in [-0.3, -0.25) is 4.31 Å². The Balaban J connectivity index is 2.18. The lowest BCUT2D eigenvalue weighted by atomic mass is 10.1. The van der Waals surface area contributed by atoms with Gasteiger partial charge in [-0.2, -0.15) is 0 Å². The number of hydrogen-bond acceptors (Lipinski definition) is 5. The maximum absolute atomic E-state index is 13.4. The molecule has 0 saturated carbocycles. The van der Waals surface area contributed by atoms with E-state index in [-0.39, 0.29) is 4.90 Å². The number of benzene rings is 2. The molecule has 1 N–H and O–H groups in total. The molecule has 0 amide bonds. The molecular weight excluding hydrogens is 374 g/mol. The summed E-state index contributed by atoms with van der Waals surface area (Å²) in [6, 6.07) is 12.1. The first-order chi connectivity index (χ1) is 12.1. The minimum Gasteiger partial charge on any atom is -0.390 e. The van der Waals surface area contributed by atoms with E-state index in [0.717, 1.165) is 9.87 Å². The Morgan fingerprint density at radius 3 is 2.15 bits per heavy atom. The molecule has 0 radical (unpaired) electrons. The van der Waals surface area contributed by atoms with Crippen LogP contribution in [0.15, 0.2) is 53.4 Å². The van der Waals surface area contributed by atoms with Crippen molar-refractivity contribution in [3.63, 3.8) is 0 Å². The Morgan fingerprint density at radius 2 is 1.62 bits per heavy atom. The molecule has 1 aliphatic rings. The number of para-hydroxylation sites is 1. The average Bonchev–Trinajstić information content (AvgIpc) is 2.82. The van der Waals surface area contributed by atoms with Crippen LogP contribution in [0.3, 0.4) is 0 Å². The molecule has 2 unspecified atom stereocenters. The molecule has 0 aliphatic carbocycles. The van der Waals surface area contributed by atoms with E-state index in [1.165, 1.54) is 12.1 Å². The normalized spacial score (nSPS) is 22.3. The van der Waals surface area contributed by atoms with Gasteiger partial charge in [-0.1, -0.05) is 35.9 Å². The molecule has 2 atom stereocenters. The number of sulfonamides is 1. The van der Waals surface area contributed by atoms with Crippen LogP contribution < -0.4 is 4.31 Å². The van der Waals surface area contributed by atoms with Crippen molar-refractivity contribution in [1.82, 2.24) is 0 Å². The van der Waals surface area contributed by atoms with Gasteiger partial charge in [0.25, 0.3) is 10.0 Å². The summed E-state index contributed by atoms with van der Waals surface area (Å²) in [5.41, 5.74) is 1.96. The Bertz CT molecular complexity index is 1010. The van der Waals surface area contributed by atoms with Crippen LogP contribution in [0.5, 0.6) is 0 Å². The summed E-state index contributed by atoms with van der Waals surface area (Å²) >= 11 is 0. The maximum atomic E-state index is 13.4. The summed E-state index contributed by atoms with van der Waals surface area (Å²) in [5.74, 6) is -0.850. The molecule has 1 heterocycles. The predicted molar refractivity (Wildman–Crippen MR) is 100 cm³/mol. The molecule has 2 aromatic carbocycles. The molecule has 1 saturated heterocycles. The standard InChI is InChI=1S/C18H21NO5S2/c1-13-7-9-15(10-8-13)26(23,24)19(16-6-4-3-5-14(16)2)17-11-25(21,22)12-18(17)20/h3-10,17-18,20H,11-12H2,1-2H3. The number of sulfone groups is 1. The van der Waals surface area contributed by atoms with Gasteiger partial charge in [0.1, 0.15) is 0 Å². The molecule has 8 heteroatoms. The number of aliphatic hydroxyl groups excluding tert-OH is 1. The van der Waals surface area contributed by atoms with Gasteiger partial charge in [-0.05, 0) is 37.6 Å². The summed E-state index contributed by atoms with van der Waals surface area (Å²) in [7, 11) is -7.57. The van der Waals surface area contributed by atoms with Crippen molar-refractivity contribution >= 4 is 25.5 Å². The van der Waals surface area contributed by atoms with Crippen LogP contribution >= 0.6 is 0 Å². The minimum atomic E-state index is -4.05. The van der Waals surface area contributed by atoms with Gasteiger partial charge in [-0.25, -0.2) is 16.8 Å². The minimum absolute atomic E-state index is 0.0582. The highest BCUT2D eigenvalue weighted by Crippen LogP contribution is 2.33. The van der Waals surface area contributed by atoms with Crippen molar-refractivity contribution in [3.05, 3.63) is 59.7 Å². The van der Waals surface area contributed by atoms with Crippen LogP contribution in [0.4, 0.5) is 5.69 Å². The van der Waals surface area contributed by atoms with Crippen molar-refractivity contribution in [1.29, 1.82) is 0 Å². The summed E-state index contributed by atoms with van der Waals surface area (Å²) < 4.78 is 51.8. The fourth-order valence-electron chi connectivity index (χ4n) is 3.16. The summed E-state index contributed by atoms with van der Waals surface area (Å²) in [6.45, 7) is 3.60. The number of rotatable bonds is 4. The fourth-order valence-corrected chi connectivity index (χ4v) is 6.76. The number of anilines is 1. The smallest absolute Gasteiger partial charge is 0.264 e. The zero-order valence-electron chi connectivity index (χ0n) is 14.5. The van der Waals surface area contributed by atoms with Crippen LogP contribution in [0.25, 0.3) is 0 Å². The summed E-state index contributed by atoms with van der Waals surface area (Å²) in [6.07, 6.45) is -1.28. The molecule has 1 fully saturated rings. The van der Waals surface area contributed by atoms with E-state index in [0.29, 0.717) is 11.3 Å². The van der Waals surface area contributed by atoms with Gasteiger partial charge in [0, 0.05) is 0 Å². The van der Waals surface area contributed by atoms with Gasteiger partial charge in [0.15, 0.2) is 9.84 Å². The van der Waals surface area contributed by atoms with Crippen LogP contribution in [-0.2, 0) is 19.9 Å². The van der Waals surface area contributed by atoms with Crippen molar-refractivity contribution in [2.45, 2.75) is 30.9 Å². The van der Waals surface area contributed by atoms with Gasteiger partial charge >= 0.3 is 0 Å². The number of hydrogen-bond donors (Lipinski definition) is 1. The number of nitrogens with zero attached hydrogens (tertiary/aromatic N) is 1. The van der Waals surface area contributed by atoms with Crippen molar-refractivity contribution in [2.24, 2.45) is 0 Å². The van der Waals surface area contributed by atoms with E-state index in [4.69, 9.17) is 0 Å². The Hall–Kier alpha value is -1.90.